The molecular weight excluding hydrogens is 338 g/mol. The Hall–Kier alpha value is -3.42. The van der Waals surface area contributed by atoms with Crippen LogP contribution in [0.25, 0.3) is 0 Å². The van der Waals surface area contributed by atoms with E-state index in [9.17, 15) is 9.59 Å². The number of methoxy groups -OCH3 is 3. The summed E-state index contributed by atoms with van der Waals surface area (Å²) in [6.45, 7) is -0.0120. The maximum atomic E-state index is 12.2. The van der Waals surface area contributed by atoms with Crippen molar-refractivity contribution in [1.82, 2.24) is 10.9 Å². The molecule has 0 saturated carbocycles. The number of carbonyl (C=O) groups excluding carboxylic acids is 2. The van der Waals surface area contributed by atoms with Crippen LogP contribution in [0, 0.1) is 0 Å². The van der Waals surface area contributed by atoms with Crippen molar-refractivity contribution in [3.63, 3.8) is 0 Å². The van der Waals surface area contributed by atoms with Gasteiger partial charge in [-0.15, -0.1) is 0 Å². The molecule has 0 saturated heterocycles. The molecule has 0 aliphatic heterocycles. The van der Waals surface area contributed by atoms with Gasteiger partial charge in [-0.05, 0) is 42.5 Å². The molecule has 0 unspecified atom stereocenters. The molecule has 2 aromatic carbocycles. The molecule has 2 amide bonds. The number of nitrogens with one attached hydrogen (secondary N) is 3. The van der Waals surface area contributed by atoms with Crippen molar-refractivity contribution in [3.8, 4) is 17.2 Å². The first-order valence-electron chi connectivity index (χ1n) is 7.76. The Balaban J connectivity index is 1.87. The predicted molar refractivity (Wildman–Crippen MR) is 96.6 cm³/mol. The third-order valence-corrected chi connectivity index (χ3v) is 3.51. The summed E-state index contributed by atoms with van der Waals surface area (Å²) in [7, 11) is 4.53. The molecule has 0 atom stereocenters. The summed E-state index contributed by atoms with van der Waals surface area (Å²) >= 11 is 0. The van der Waals surface area contributed by atoms with Crippen LogP contribution < -0.4 is 30.4 Å². The average molecular weight is 359 g/mol. The van der Waals surface area contributed by atoms with E-state index in [1.165, 1.54) is 20.3 Å². The highest BCUT2D eigenvalue weighted by Crippen LogP contribution is 2.23. The van der Waals surface area contributed by atoms with Crippen molar-refractivity contribution in [1.29, 1.82) is 0 Å². The highest BCUT2D eigenvalue weighted by molar-refractivity contribution is 5.98. The number of carbonyl (C=O) groups is 2. The number of rotatable bonds is 7. The first kappa shape index (κ1) is 18.9. The quantitative estimate of drug-likeness (QED) is 0.650. The van der Waals surface area contributed by atoms with Gasteiger partial charge < -0.3 is 19.5 Å². The summed E-state index contributed by atoms with van der Waals surface area (Å²) in [6, 6.07) is 11.9. The Labute approximate surface area is 151 Å². The smallest absolute Gasteiger partial charge is 0.273 e. The molecule has 0 bridgehead atoms. The fraction of sp³-hybridized carbons (Fsp3) is 0.222. The Morgan fingerprint density at radius 2 is 1.50 bits per heavy atom. The second kappa shape index (κ2) is 9.16. The van der Waals surface area contributed by atoms with Crippen LogP contribution in [0.3, 0.4) is 0 Å². The second-order valence-corrected chi connectivity index (χ2v) is 5.15. The fourth-order valence-corrected chi connectivity index (χ4v) is 2.12. The van der Waals surface area contributed by atoms with Crippen LogP contribution >= 0.6 is 0 Å². The SMILES string of the molecule is COc1ccc(NCC(=O)NNC(=O)c2cc(OC)ccc2OC)cc1. The Morgan fingerprint density at radius 1 is 0.846 bits per heavy atom. The van der Waals surface area contributed by atoms with Gasteiger partial charge in [0.2, 0.25) is 0 Å². The zero-order chi connectivity index (χ0) is 18.9. The maximum absolute atomic E-state index is 12.2. The molecule has 138 valence electrons. The van der Waals surface area contributed by atoms with E-state index in [0.717, 1.165) is 11.4 Å². The minimum absolute atomic E-state index is 0.0120. The molecule has 0 heterocycles. The molecule has 8 heteroatoms. The van der Waals surface area contributed by atoms with Gasteiger partial charge in [0.05, 0.1) is 33.4 Å². The molecule has 0 aromatic heterocycles. The van der Waals surface area contributed by atoms with Gasteiger partial charge >= 0.3 is 0 Å². The van der Waals surface area contributed by atoms with Crippen LogP contribution in [0.5, 0.6) is 17.2 Å². The Kier molecular flexibility index (Phi) is 6.67. The van der Waals surface area contributed by atoms with Crippen LogP contribution in [0.2, 0.25) is 0 Å². The number of benzene rings is 2. The summed E-state index contributed by atoms with van der Waals surface area (Å²) < 4.78 is 15.3. The number of hydrogen-bond acceptors (Lipinski definition) is 6. The lowest BCUT2D eigenvalue weighted by Gasteiger charge is -2.12. The summed E-state index contributed by atoms with van der Waals surface area (Å²) in [5, 5.41) is 2.94. The van der Waals surface area contributed by atoms with Crippen LogP contribution in [-0.2, 0) is 4.79 Å². The molecule has 0 radical (unpaired) electrons. The molecule has 0 fully saturated rings. The predicted octanol–water partition coefficient (Wildman–Crippen LogP) is 1.59. The maximum Gasteiger partial charge on any atom is 0.273 e. The minimum Gasteiger partial charge on any atom is -0.497 e. The van der Waals surface area contributed by atoms with Crippen LogP contribution in [0.15, 0.2) is 42.5 Å². The highest BCUT2D eigenvalue weighted by Gasteiger charge is 2.14. The van der Waals surface area contributed by atoms with Crippen molar-refractivity contribution < 1.29 is 23.8 Å². The molecule has 2 rings (SSSR count). The molecule has 26 heavy (non-hydrogen) atoms. The van der Waals surface area contributed by atoms with Crippen molar-refractivity contribution in [3.05, 3.63) is 48.0 Å². The van der Waals surface area contributed by atoms with Gasteiger partial charge in [0, 0.05) is 5.69 Å². The summed E-state index contributed by atoms with van der Waals surface area (Å²) in [5.41, 5.74) is 5.68. The van der Waals surface area contributed by atoms with E-state index in [4.69, 9.17) is 14.2 Å². The topological polar surface area (TPSA) is 97.9 Å². The van der Waals surface area contributed by atoms with Crippen molar-refractivity contribution >= 4 is 17.5 Å². The van der Waals surface area contributed by atoms with Gasteiger partial charge in [-0.25, -0.2) is 0 Å². The lowest BCUT2D eigenvalue weighted by molar-refractivity contribution is -0.120. The first-order valence-corrected chi connectivity index (χ1v) is 7.76. The molecule has 0 aliphatic carbocycles. The third kappa shape index (κ3) is 5.04. The van der Waals surface area contributed by atoms with E-state index in [1.807, 2.05) is 0 Å². The third-order valence-electron chi connectivity index (χ3n) is 3.51. The molecular formula is C18H21N3O5. The fourth-order valence-electron chi connectivity index (χ4n) is 2.12. The number of amides is 2. The number of anilines is 1. The average Bonchev–Trinajstić information content (AvgIpc) is 2.70. The van der Waals surface area contributed by atoms with Gasteiger partial charge in [0.25, 0.3) is 11.8 Å². The Morgan fingerprint density at radius 3 is 2.12 bits per heavy atom. The molecule has 8 nitrogen and oxygen atoms in total. The summed E-state index contributed by atoms with van der Waals surface area (Å²) in [4.78, 5) is 24.1. The lowest BCUT2D eigenvalue weighted by Crippen LogP contribution is -2.44. The largest absolute Gasteiger partial charge is 0.497 e. The molecule has 0 aliphatic rings. The van der Waals surface area contributed by atoms with Gasteiger partial charge in [-0.3, -0.25) is 20.4 Å². The van der Waals surface area contributed by atoms with E-state index >= 15 is 0 Å². The normalized spacial score (nSPS) is 9.81. The first-order chi connectivity index (χ1) is 12.6. The van der Waals surface area contributed by atoms with Gasteiger partial charge in [0.15, 0.2) is 0 Å². The van der Waals surface area contributed by atoms with Crippen LogP contribution in [-0.4, -0.2) is 39.7 Å². The van der Waals surface area contributed by atoms with E-state index in [0.29, 0.717) is 11.5 Å². The molecule has 2 aromatic rings. The van der Waals surface area contributed by atoms with Crippen molar-refractivity contribution in [2.45, 2.75) is 0 Å². The standard InChI is InChI=1S/C18H21N3O5/c1-24-13-6-4-12(5-7-13)19-11-17(22)20-21-18(23)15-10-14(25-2)8-9-16(15)26-3/h4-10,19H,11H2,1-3H3,(H,20,22)(H,21,23). The zero-order valence-electron chi connectivity index (χ0n) is 14.8. The summed E-state index contributed by atoms with van der Waals surface area (Å²) in [5.74, 6) is 0.673. The van der Waals surface area contributed by atoms with Crippen molar-refractivity contribution in [2.75, 3.05) is 33.2 Å². The van der Waals surface area contributed by atoms with Gasteiger partial charge in [0.1, 0.15) is 17.2 Å². The van der Waals surface area contributed by atoms with Gasteiger partial charge in [-0.2, -0.15) is 0 Å². The Bertz CT molecular complexity index is 762. The number of hydrazine groups is 1. The molecule has 3 N–H and O–H groups in total. The monoisotopic (exact) mass is 359 g/mol. The van der Waals surface area contributed by atoms with Crippen LogP contribution in [0.1, 0.15) is 10.4 Å². The summed E-state index contributed by atoms with van der Waals surface area (Å²) in [6.07, 6.45) is 0. The molecule has 0 spiro atoms. The van der Waals surface area contributed by atoms with E-state index in [2.05, 4.69) is 16.2 Å². The zero-order valence-corrected chi connectivity index (χ0v) is 14.8. The highest BCUT2D eigenvalue weighted by atomic mass is 16.5. The number of ether oxygens (including phenoxy) is 3. The van der Waals surface area contributed by atoms with Gasteiger partial charge in [-0.1, -0.05) is 0 Å². The lowest BCUT2D eigenvalue weighted by atomic mass is 10.2. The van der Waals surface area contributed by atoms with E-state index < -0.39 is 11.8 Å². The number of hydrogen-bond donors (Lipinski definition) is 3. The second-order valence-electron chi connectivity index (χ2n) is 5.15. The minimum atomic E-state index is -0.515. The van der Waals surface area contributed by atoms with E-state index in [1.54, 1.807) is 43.5 Å². The van der Waals surface area contributed by atoms with Crippen molar-refractivity contribution in [2.24, 2.45) is 0 Å². The van der Waals surface area contributed by atoms with Crippen LogP contribution in [0.4, 0.5) is 5.69 Å². The van der Waals surface area contributed by atoms with E-state index in [-0.39, 0.29) is 12.1 Å².